The van der Waals surface area contributed by atoms with Crippen molar-refractivity contribution >= 4 is 27.2 Å². The molecule has 25 heavy (non-hydrogen) atoms. The topological polar surface area (TPSA) is 80.2 Å². The first kappa shape index (κ1) is 17.5. The minimum Gasteiger partial charge on any atom is -0.337 e. The lowest BCUT2D eigenvalue weighted by atomic mass is 10.2. The van der Waals surface area contributed by atoms with Gasteiger partial charge in [-0.3, -0.25) is 14.1 Å². The molecule has 6 nitrogen and oxygen atoms in total. The Kier molecular flexibility index (Phi) is 4.32. The zero-order chi connectivity index (χ0) is 18.4. The summed E-state index contributed by atoms with van der Waals surface area (Å²) < 4.78 is 42.6. The van der Waals surface area contributed by atoms with Crippen molar-refractivity contribution in [2.45, 2.75) is 31.9 Å². The Morgan fingerprint density at radius 1 is 1.16 bits per heavy atom. The van der Waals surface area contributed by atoms with Crippen LogP contribution in [-0.2, 0) is 17.1 Å². The van der Waals surface area contributed by atoms with Gasteiger partial charge in [-0.25, -0.2) is 12.8 Å². The third kappa shape index (κ3) is 3.53. The first-order valence-corrected chi connectivity index (χ1v) is 9.49. The molecule has 134 valence electrons. The second-order valence-corrected chi connectivity index (χ2v) is 8.37. The van der Waals surface area contributed by atoms with Crippen LogP contribution in [0.5, 0.6) is 0 Å². The van der Waals surface area contributed by atoms with Crippen molar-refractivity contribution in [3.63, 3.8) is 0 Å². The van der Waals surface area contributed by atoms with E-state index < -0.39 is 21.1 Å². The predicted octanol–water partition coefficient (Wildman–Crippen LogP) is 2.79. The molecule has 0 amide bonds. The molecular weight excluding hydrogens is 345 g/mol. The minimum atomic E-state index is -3.52. The van der Waals surface area contributed by atoms with Crippen molar-refractivity contribution in [3.05, 3.63) is 51.6 Å². The molecule has 0 saturated heterocycles. The highest BCUT2D eigenvalue weighted by Gasteiger charge is 2.36. The highest BCUT2D eigenvalue weighted by molar-refractivity contribution is 7.93. The molecule has 1 aliphatic rings. The van der Waals surface area contributed by atoms with Crippen LogP contribution in [0.25, 0.3) is 0 Å². The van der Waals surface area contributed by atoms with Crippen LogP contribution in [0.3, 0.4) is 0 Å². The largest absolute Gasteiger partial charge is 0.337 e. The maximum Gasteiger partial charge on any atom is 0.254 e. The maximum absolute atomic E-state index is 14.2. The number of aryl methyl sites for hydroxylation is 2. The predicted molar refractivity (Wildman–Crippen MR) is 96.4 cm³/mol. The number of sulfonamides is 1. The fraction of sp³-hybridized carbons (Fsp3) is 0.353. The zero-order valence-electron chi connectivity index (χ0n) is 14.3. The highest BCUT2D eigenvalue weighted by Crippen LogP contribution is 2.33. The Labute approximate surface area is 145 Å². The lowest BCUT2D eigenvalue weighted by Gasteiger charge is -2.18. The summed E-state index contributed by atoms with van der Waals surface area (Å²) in [6.45, 7) is 3.37. The smallest absolute Gasteiger partial charge is 0.254 e. The molecule has 0 radical (unpaired) electrons. The van der Waals surface area contributed by atoms with E-state index >= 15 is 0 Å². The minimum absolute atomic E-state index is 0.163. The van der Waals surface area contributed by atoms with Gasteiger partial charge in [0.25, 0.3) is 5.56 Å². The van der Waals surface area contributed by atoms with Crippen LogP contribution in [0, 0.1) is 19.7 Å². The van der Waals surface area contributed by atoms with Crippen LogP contribution in [0.15, 0.2) is 29.1 Å². The number of aromatic nitrogens is 1. The number of halogens is 1. The Morgan fingerprint density at radius 3 is 2.44 bits per heavy atom. The third-order valence-electron chi connectivity index (χ3n) is 4.19. The van der Waals surface area contributed by atoms with Gasteiger partial charge in [-0.2, -0.15) is 0 Å². The van der Waals surface area contributed by atoms with Crippen molar-refractivity contribution in [3.8, 4) is 0 Å². The molecule has 0 bridgehead atoms. The van der Waals surface area contributed by atoms with Crippen molar-refractivity contribution in [1.29, 1.82) is 0 Å². The summed E-state index contributed by atoms with van der Waals surface area (Å²) in [6, 6.07) is 6.11. The summed E-state index contributed by atoms with van der Waals surface area (Å²) in [5.41, 5.74) is 1.26. The Hall–Kier alpha value is -2.35. The Balaban J connectivity index is 2.07. The summed E-state index contributed by atoms with van der Waals surface area (Å²) in [6.07, 6.45) is 1.24. The van der Waals surface area contributed by atoms with Gasteiger partial charge in [0.1, 0.15) is 11.6 Å². The van der Waals surface area contributed by atoms with E-state index in [4.69, 9.17) is 0 Å². The number of rotatable bonds is 5. The van der Waals surface area contributed by atoms with E-state index in [2.05, 4.69) is 10.0 Å². The molecule has 0 spiro atoms. The van der Waals surface area contributed by atoms with E-state index in [1.54, 1.807) is 26.0 Å². The van der Waals surface area contributed by atoms with Crippen molar-refractivity contribution < 1.29 is 12.8 Å². The number of benzene rings is 1. The average molecular weight is 365 g/mol. The maximum atomic E-state index is 14.2. The summed E-state index contributed by atoms with van der Waals surface area (Å²) in [7, 11) is -2.00. The molecular formula is C17H20FN3O3S. The van der Waals surface area contributed by atoms with E-state index in [1.165, 1.54) is 23.7 Å². The fourth-order valence-electron chi connectivity index (χ4n) is 2.59. The molecule has 1 aromatic heterocycles. The molecule has 0 unspecified atom stereocenters. The first-order chi connectivity index (χ1) is 11.7. The van der Waals surface area contributed by atoms with E-state index in [0.29, 0.717) is 18.4 Å². The van der Waals surface area contributed by atoms with E-state index in [1.807, 2.05) is 0 Å². The molecule has 0 atom stereocenters. The normalized spacial score (nSPS) is 14.4. The van der Waals surface area contributed by atoms with E-state index in [9.17, 15) is 17.6 Å². The number of anilines is 3. The summed E-state index contributed by atoms with van der Waals surface area (Å²) in [5.74, 6) is -0.286. The van der Waals surface area contributed by atoms with Gasteiger partial charge in [0.15, 0.2) is 0 Å². The second-order valence-electron chi connectivity index (χ2n) is 6.41. The number of pyridine rings is 1. The van der Waals surface area contributed by atoms with E-state index in [0.717, 1.165) is 5.56 Å². The average Bonchev–Trinajstić information content (AvgIpc) is 3.36. The summed E-state index contributed by atoms with van der Waals surface area (Å²) in [4.78, 5) is 12.2. The monoisotopic (exact) mass is 365 g/mol. The van der Waals surface area contributed by atoms with Crippen LogP contribution in [-0.4, -0.2) is 18.2 Å². The Bertz CT molecular complexity index is 995. The number of nitrogens with one attached hydrogen (secondary N) is 2. The van der Waals surface area contributed by atoms with Crippen molar-refractivity contribution in [2.24, 2.45) is 7.05 Å². The molecule has 8 heteroatoms. The van der Waals surface area contributed by atoms with Gasteiger partial charge in [-0.15, -0.1) is 0 Å². The SMILES string of the molecule is Cc1ccc(Nc2c(NS(=O)(=O)C3CC3)cc(C)c(=O)n2C)c(F)c1. The van der Waals surface area contributed by atoms with Crippen LogP contribution in [0.2, 0.25) is 0 Å². The summed E-state index contributed by atoms with van der Waals surface area (Å²) >= 11 is 0. The molecule has 1 heterocycles. The van der Waals surface area contributed by atoms with Crippen LogP contribution in [0.4, 0.5) is 21.6 Å². The van der Waals surface area contributed by atoms with Crippen molar-refractivity contribution in [1.82, 2.24) is 4.57 Å². The van der Waals surface area contributed by atoms with Gasteiger partial charge >= 0.3 is 0 Å². The van der Waals surface area contributed by atoms with Gasteiger partial charge in [0, 0.05) is 12.6 Å². The van der Waals surface area contributed by atoms with E-state index in [-0.39, 0.29) is 22.8 Å². The Morgan fingerprint density at radius 2 is 1.84 bits per heavy atom. The van der Waals surface area contributed by atoms with Crippen molar-refractivity contribution in [2.75, 3.05) is 10.0 Å². The molecule has 2 aromatic rings. The molecule has 1 aliphatic carbocycles. The standard InChI is InChI=1S/C17H20FN3O3S/c1-10-4-7-14(13(18)8-10)19-16-15(9-11(2)17(22)21(16)3)20-25(23,24)12-5-6-12/h4,7-9,12,19-20H,5-6H2,1-3H3. The number of hydrogen-bond acceptors (Lipinski definition) is 4. The number of hydrogen-bond donors (Lipinski definition) is 2. The van der Waals surface area contributed by atoms with Gasteiger partial charge < -0.3 is 5.32 Å². The van der Waals surface area contributed by atoms with Gasteiger partial charge in [-0.05, 0) is 50.5 Å². The van der Waals surface area contributed by atoms with Gasteiger partial charge in [0.2, 0.25) is 10.0 Å². The lowest BCUT2D eigenvalue weighted by molar-refractivity contribution is 0.600. The molecule has 2 N–H and O–H groups in total. The first-order valence-electron chi connectivity index (χ1n) is 7.94. The summed E-state index contributed by atoms with van der Waals surface area (Å²) in [5, 5.41) is 2.44. The van der Waals surface area contributed by atoms with Crippen LogP contribution < -0.4 is 15.6 Å². The van der Waals surface area contributed by atoms with Crippen LogP contribution in [0.1, 0.15) is 24.0 Å². The fourth-order valence-corrected chi connectivity index (χ4v) is 3.97. The second kappa shape index (κ2) is 6.18. The molecule has 1 fully saturated rings. The lowest BCUT2D eigenvalue weighted by Crippen LogP contribution is -2.25. The molecule has 1 saturated carbocycles. The quantitative estimate of drug-likeness (QED) is 0.854. The molecule has 3 rings (SSSR count). The highest BCUT2D eigenvalue weighted by atomic mass is 32.2. The number of nitrogens with zero attached hydrogens (tertiary/aromatic N) is 1. The van der Waals surface area contributed by atoms with Gasteiger partial charge in [0.05, 0.1) is 16.6 Å². The van der Waals surface area contributed by atoms with Gasteiger partial charge in [-0.1, -0.05) is 6.07 Å². The zero-order valence-corrected chi connectivity index (χ0v) is 15.1. The third-order valence-corrected chi connectivity index (χ3v) is 6.04. The molecule has 0 aliphatic heterocycles. The van der Waals surface area contributed by atoms with Crippen LogP contribution >= 0.6 is 0 Å². The molecule has 1 aromatic carbocycles.